The van der Waals surface area contributed by atoms with Gasteiger partial charge in [0.2, 0.25) is 0 Å². The van der Waals surface area contributed by atoms with E-state index in [-0.39, 0.29) is 0 Å². The van der Waals surface area contributed by atoms with Crippen molar-refractivity contribution in [3.63, 3.8) is 0 Å². The first kappa shape index (κ1) is 12.2. The van der Waals surface area contributed by atoms with Crippen molar-refractivity contribution in [2.75, 3.05) is 25.0 Å². The van der Waals surface area contributed by atoms with E-state index in [0.29, 0.717) is 0 Å². The van der Waals surface area contributed by atoms with Gasteiger partial charge in [-0.25, -0.2) is 0 Å². The quantitative estimate of drug-likeness (QED) is 0.756. The Morgan fingerprint density at radius 2 is 2.24 bits per heavy atom. The van der Waals surface area contributed by atoms with Gasteiger partial charge in [0, 0.05) is 31.9 Å². The van der Waals surface area contributed by atoms with E-state index >= 15 is 0 Å². The average molecular weight is 230 g/mol. The van der Waals surface area contributed by atoms with Crippen molar-refractivity contribution in [2.45, 2.75) is 25.8 Å². The minimum absolute atomic E-state index is 0.760. The van der Waals surface area contributed by atoms with Gasteiger partial charge in [-0.15, -0.1) is 0 Å². The number of nitrogens with one attached hydrogen (secondary N) is 1. The minimum Gasteiger partial charge on any atom is -0.371 e. The molecule has 2 rings (SSSR count). The highest BCUT2D eigenvalue weighted by Gasteiger charge is 2.20. The van der Waals surface area contributed by atoms with Gasteiger partial charge >= 0.3 is 0 Å². The first-order chi connectivity index (χ1) is 8.15. The van der Waals surface area contributed by atoms with Crippen molar-refractivity contribution in [3.05, 3.63) is 42.0 Å². The number of rotatable bonds is 6. The highest BCUT2D eigenvalue weighted by Crippen LogP contribution is 2.19. The molecular weight excluding hydrogens is 208 g/mol. The van der Waals surface area contributed by atoms with Crippen LogP contribution in [0.4, 0.5) is 5.69 Å². The summed E-state index contributed by atoms with van der Waals surface area (Å²) in [6.45, 7) is 8.13. The van der Waals surface area contributed by atoms with Gasteiger partial charge in [0.15, 0.2) is 0 Å². The Kier molecular flexibility index (Phi) is 3.85. The Labute approximate surface area is 104 Å². The molecule has 1 fully saturated rings. The van der Waals surface area contributed by atoms with Crippen molar-refractivity contribution >= 4 is 5.69 Å². The van der Waals surface area contributed by atoms with Crippen molar-refractivity contribution < 1.29 is 0 Å². The van der Waals surface area contributed by atoms with Gasteiger partial charge < -0.3 is 10.2 Å². The predicted octanol–water partition coefficient (Wildman–Crippen LogP) is 2.74. The molecule has 0 amide bonds. The van der Waals surface area contributed by atoms with Crippen LogP contribution in [0.25, 0.3) is 0 Å². The summed E-state index contributed by atoms with van der Waals surface area (Å²) in [5.74, 6) is 0. The summed E-state index contributed by atoms with van der Waals surface area (Å²) in [6.07, 6.45) is 2.67. The first-order valence-electron chi connectivity index (χ1n) is 6.33. The highest BCUT2D eigenvalue weighted by atomic mass is 15.1. The number of likely N-dealkylation sites (N-methyl/N-ethyl adjacent to an activating group) is 1. The maximum absolute atomic E-state index is 4.14. The fraction of sp³-hybridized carbons (Fsp3) is 0.467. The zero-order valence-corrected chi connectivity index (χ0v) is 10.9. The molecule has 1 saturated carbocycles. The largest absolute Gasteiger partial charge is 0.371 e. The Morgan fingerprint density at radius 3 is 2.88 bits per heavy atom. The van der Waals surface area contributed by atoms with E-state index < -0.39 is 0 Å². The predicted molar refractivity (Wildman–Crippen MR) is 74.6 cm³/mol. The molecule has 0 radical (unpaired) electrons. The maximum atomic E-state index is 4.14. The van der Waals surface area contributed by atoms with Crippen LogP contribution in [0.5, 0.6) is 0 Å². The van der Waals surface area contributed by atoms with E-state index in [1.165, 1.54) is 29.7 Å². The topological polar surface area (TPSA) is 15.3 Å². The molecule has 0 aliphatic heterocycles. The molecule has 92 valence electrons. The third-order valence-corrected chi connectivity index (χ3v) is 3.12. The lowest BCUT2D eigenvalue weighted by molar-refractivity contribution is 0.722. The van der Waals surface area contributed by atoms with Gasteiger partial charge in [-0.2, -0.15) is 0 Å². The van der Waals surface area contributed by atoms with Gasteiger partial charge in [0.25, 0.3) is 0 Å². The van der Waals surface area contributed by atoms with Gasteiger partial charge in [0.05, 0.1) is 0 Å². The highest BCUT2D eigenvalue weighted by molar-refractivity contribution is 5.48. The van der Waals surface area contributed by atoms with Crippen LogP contribution in [0.1, 0.15) is 18.4 Å². The molecule has 0 aromatic heterocycles. The smallest absolute Gasteiger partial charge is 0.0395 e. The summed E-state index contributed by atoms with van der Waals surface area (Å²) in [4.78, 5) is 2.25. The Hall–Kier alpha value is -1.28. The molecular formula is C15H22N2. The lowest BCUT2D eigenvalue weighted by atomic mass is 10.2. The Morgan fingerprint density at radius 1 is 1.47 bits per heavy atom. The average Bonchev–Trinajstić information content (AvgIpc) is 3.10. The van der Waals surface area contributed by atoms with Crippen LogP contribution >= 0.6 is 0 Å². The van der Waals surface area contributed by atoms with Gasteiger partial charge in [-0.1, -0.05) is 18.7 Å². The van der Waals surface area contributed by atoms with Crippen LogP contribution in [0, 0.1) is 6.92 Å². The summed E-state index contributed by atoms with van der Waals surface area (Å²) < 4.78 is 0. The van der Waals surface area contributed by atoms with Crippen molar-refractivity contribution in [2.24, 2.45) is 0 Å². The fourth-order valence-electron chi connectivity index (χ4n) is 1.92. The van der Waals surface area contributed by atoms with E-state index in [0.717, 1.165) is 19.1 Å². The van der Waals surface area contributed by atoms with Crippen LogP contribution in [0.15, 0.2) is 36.4 Å². The summed E-state index contributed by atoms with van der Waals surface area (Å²) in [5, 5.41) is 3.50. The van der Waals surface area contributed by atoms with Gasteiger partial charge in [-0.3, -0.25) is 0 Å². The molecule has 0 bridgehead atoms. The second kappa shape index (κ2) is 5.37. The number of aryl methyl sites for hydroxylation is 1. The van der Waals surface area contributed by atoms with E-state index in [1.807, 2.05) is 0 Å². The Balaban J connectivity index is 1.82. The molecule has 17 heavy (non-hydrogen) atoms. The molecule has 0 saturated heterocycles. The molecule has 2 nitrogen and oxygen atoms in total. The third-order valence-electron chi connectivity index (χ3n) is 3.12. The Bertz CT molecular complexity index is 394. The molecule has 0 heterocycles. The van der Waals surface area contributed by atoms with Crippen LogP contribution in [0.2, 0.25) is 0 Å². The number of hydrogen-bond donors (Lipinski definition) is 1. The molecule has 2 heteroatoms. The minimum atomic E-state index is 0.760. The lowest BCUT2D eigenvalue weighted by Crippen LogP contribution is -2.26. The fourth-order valence-corrected chi connectivity index (χ4v) is 1.92. The molecule has 1 aromatic carbocycles. The van der Waals surface area contributed by atoms with E-state index in [1.54, 1.807) is 0 Å². The van der Waals surface area contributed by atoms with Crippen molar-refractivity contribution in [1.82, 2.24) is 5.32 Å². The number of benzene rings is 1. The third kappa shape index (κ3) is 3.90. The zero-order chi connectivity index (χ0) is 12.3. The second-order valence-electron chi connectivity index (χ2n) is 5.10. The zero-order valence-electron chi connectivity index (χ0n) is 10.9. The van der Waals surface area contributed by atoms with Crippen LogP contribution < -0.4 is 10.2 Å². The molecule has 0 spiro atoms. The van der Waals surface area contributed by atoms with Crippen molar-refractivity contribution in [3.8, 4) is 0 Å². The molecule has 1 aromatic rings. The SMILES string of the molecule is C=C(CNC1CC1)CN(C)c1cccc(C)c1. The molecule has 0 atom stereocenters. The monoisotopic (exact) mass is 230 g/mol. The summed E-state index contributed by atoms with van der Waals surface area (Å²) in [5.41, 5.74) is 3.81. The molecule has 1 aliphatic carbocycles. The molecule has 1 N–H and O–H groups in total. The first-order valence-corrected chi connectivity index (χ1v) is 6.33. The van der Waals surface area contributed by atoms with Gasteiger partial charge in [0.1, 0.15) is 0 Å². The van der Waals surface area contributed by atoms with E-state index in [2.05, 4.69) is 55.0 Å². The van der Waals surface area contributed by atoms with E-state index in [9.17, 15) is 0 Å². The molecule has 1 aliphatic rings. The summed E-state index contributed by atoms with van der Waals surface area (Å²) >= 11 is 0. The normalized spacial score (nSPS) is 14.7. The standard InChI is InChI=1S/C15H22N2/c1-12-5-4-6-15(9-12)17(3)11-13(2)10-16-14-7-8-14/h4-6,9,14,16H,2,7-8,10-11H2,1,3H3. The van der Waals surface area contributed by atoms with Gasteiger partial charge in [-0.05, 0) is 43.0 Å². The van der Waals surface area contributed by atoms with Crippen LogP contribution in [-0.4, -0.2) is 26.2 Å². The lowest BCUT2D eigenvalue weighted by Gasteiger charge is -2.21. The number of hydrogen-bond acceptors (Lipinski definition) is 2. The van der Waals surface area contributed by atoms with Crippen LogP contribution in [0.3, 0.4) is 0 Å². The second-order valence-corrected chi connectivity index (χ2v) is 5.10. The summed E-state index contributed by atoms with van der Waals surface area (Å²) in [7, 11) is 2.12. The summed E-state index contributed by atoms with van der Waals surface area (Å²) in [6, 6.07) is 9.35. The molecule has 0 unspecified atom stereocenters. The van der Waals surface area contributed by atoms with E-state index in [4.69, 9.17) is 0 Å². The number of anilines is 1. The van der Waals surface area contributed by atoms with Crippen LogP contribution in [-0.2, 0) is 0 Å². The maximum Gasteiger partial charge on any atom is 0.0395 e. The van der Waals surface area contributed by atoms with Crippen molar-refractivity contribution in [1.29, 1.82) is 0 Å². The number of nitrogens with zero attached hydrogens (tertiary/aromatic N) is 1.